The van der Waals surface area contributed by atoms with Crippen LogP contribution in [-0.4, -0.2) is 24.7 Å². The minimum Gasteiger partial charge on any atom is -0.495 e. The van der Waals surface area contributed by atoms with Gasteiger partial charge in [0.1, 0.15) is 10.6 Å². The van der Waals surface area contributed by atoms with Crippen molar-refractivity contribution in [2.24, 2.45) is 0 Å². The third-order valence-corrected chi connectivity index (χ3v) is 3.58. The first kappa shape index (κ1) is 15.1. The second-order valence-electron chi connectivity index (χ2n) is 4.09. The molecule has 0 saturated heterocycles. The molecule has 0 atom stereocenters. The zero-order valence-electron chi connectivity index (χ0n) is 11.6. The van der Waals surface area contributed by atoms with Crippen molar-refractivity contribution in [3.8, 4) is 17.6 Å². The topological polar surface area (TPSA) is 58.6 Å². The molecule has 0 aliphatic carbocycles. The number of hydrogen-bond acceptors (Lipinski definition) is 4. The fraction of sp³-hybridized carbons (Fsp3) is 0.188. The van der Waals surface area contributed by atoms with Gasteiger partial charge in [-0.05, 0) is 23.6 Å². The standard InChI is InChI=1S/C16H15NO3S/c1-20-14-9-11-21-15(14)16(19)17-13-8-3-2-6-12(13)7-4-5-10-18/h2-3,6,8-9,11,18H,5,10H2,1H3,(H,17,19). The Hall–Kier alpha value is -2.29. The van der Waals surface area contributed by atoms with Gasteiger partial charge in [-0.15, -0.1) is 11.3 Å². The van der Waals surface area contributed by atoms with Crippen LogP contribution >= 0.6 is 11.3 Å². The van der Waals surface area contributed by atoms with Crippen molar-refractivity contribution in [3.05, 3.63) is 46.2 Å². The van der Waals surface area contributed by atoms with E-state index in [1.807, 2.05) is 18.2 Å². The predicted molar refractivity (Wildman–Crippen MR) is 83.8 cm³/mol. The van der Waals surface area contributed by atoms with Gasteiger partial charge in [0.15, 0.2) is 0 Å². The molecule has 0 bridgehead atoms. The van der Waals surface area contributed by atoms with E-state index >= 15 is 0 Å². The molecule has 108 valence electrons. The summed E-state index contributed by atoms with van der Waals surface area (Å²) in [5.41, 5.74) is 1.36. The van der Waals surface area contributed by atoms with Crippen molar-refractivity contribution in [1.29, 1.82) is 0 Å². The van der Waals surface area contributed by atoms with E-state index in [0.717, 1.165) is 5.56 Å². The number of ether oxygens (including phenoxy) is 1. The molecule has 1 heterocycles. The number of nitrogens with one attached hydrogen (secondary N) is 1. The Labute approximate surface area is 127 Å². The summed E-state index contributed by atoms with van der Waals surface area (Å²) >= 11 is 1.32. The van der Waals surface area contributed by atoms with Crippen LogP contribution in [0.1, 0.15) is 21.7 Å². The second-order valence-corrected chi connectivity index (χ2v) is 5.01. The van der Waals surface area contributed by atoms with E-state index in [0.29, 0.717) is 22.7 Å². The summed E-state index contributed by atoms with van der Waals surface area (Å²) in [5.74, 6) is 6.12. The molecule has 4 nitrogen and oxygen atoms in total. The van der Waals surface area contributed by atoms with E-state index < -0.39 is 0 Å². The Morgan fingerprint density at radius 2 is 2.19 bits per heavy atom. The zero-order chi connectivity index (χ0) is 15.1. The van der Waals surface area contributed by atoms with Gasteiger partial charge in [-0.2, -0.15) is 0 Å². The molecule has 5 heteroatoms. The fourth-order valence-corrected chi connectivity index (χ4v) is 2.47. The van der Waals surface area contributed by atoms with Crippen LogP contribution in [0.25, 0.3) is 0 Å². The van der Waals surface area contributed by atoms with Gasteiger partial charge >= 0.3 is 0 Å². The molecule has 1 aromatic heterocycles. The van der Waals surface area contributed by atoms with Crippen LogP contribution in [0.15, 0.2) is 35.7 Å². The van der Waals surface area contributed by atoms with Crippen LogP contribution in [0.3, 0.4) is 0 Å². The fourth-order valence-electron chi connectivity index (χ4n) is 1.72. The quantitative estimate of drug-likeness (QED) is 0.854. The van der Waals surface area contributed by atoms with Crippen LogP contribution in [0.5, 0.6) is 5.75 Å². The first-order valence-corrected chi connectivity index (χ1v) is 7.26. The monoisotopic (exact) mass is 301 g/mol. The maximum absolute atomic E-state index is 12.3. The predicted octanol–water partition coefficient (Wildman–Crippen LogP) is 2.74. The average Bonchev–Trinajstić information content (AvgIpc) is 2.98. The van der Waals surface area contributed by atoms with E-state index in [9.17, 15) is 4.79 Å². The third kappa shape index (κ3) is 3.85. The Kier molecular flexibility index (Phi) is 5.38. The van der Waals surface area contributed by atoms with Crippen LogP contribution < -0.4 is 10.1 Å². The van der Waals surface area contributed by atoms with Gasteiger partial charge in [-0.25, -0.2) is 0 Å². The summed E-state index contributed by atoms with van der Waals surface area (Å²) in [6, 6.07) is 9.06. The van der Waals surface area contributed by atoms with Crippen LogP contribution in [-0.2, 0) is 0 Å². The number of methoxy groups -OCH3 is 1. The summed E-state index contributed by atoms with van der Waals surface area (Å²) in [5, 5.41) is 13.4. The van der Waals surface area contributed by atoms with Crippen molar-refractivity contribution in [3.63, 3.8) is 0 Å². The van der Waals surface area contributed by atoms with Gasteiger partial charge < -0.3 is 15.2 Å². The maximum Gasteiger partial charge on any atom is 0.269 e. The van der Waals surface area contributed by atoms with Gasteiger partial charge in [-0.3, -0.25) is 4.79 Å². The molecule has 0 saturated carbocycles. The number of rotatable bonds is 4. The number of hydrogen-bond donors (Lipinski definition) is 2. The largest absolute Gasteiger partial charge is 0.495 e. The van der Waals surface area contributed by atoms with Crippen LogP contribution in [0.2, 0.25) is 0 Å². The molecule has 0 fully saturated rings. The molecule has 0 unspecified atom stereocenters. The van der Waals surface area contributed by atoms with Crippen LogP contribution in [0.4, 0.5) is 5.69 Å². The number of para-hydroxylation sites is 1. The normalized spacial score (nSPS) is 9.62. The molecular formula is C16H15NO3S. The Morgan fingerprint density at radius 1 is 1.38 bits per heavy atom. The number of anilines is 1. The van der Waals surface area contributed by atoms with E-state index in [4.69, 9.17) is 9.84 Å². The molecule has 0 spiro atoms. The minimum atomic E-state index is -0.224. The van der Waals surface area contributed by atoms with Gasteiger partial charge in [0, 0.05) is 12.0 Å². The number of benzene rings is 1. The minimum absolute atomic E-state index is 0.0217. The average molecular weight is 301 g/mol. The molecular weight excluding hydrogens is 286 g/mol. The number of carbonyl (C=O) groups is 1. The molecule has 1 aromatic carbocycles. The Morgan fingerprint density at radius 3 is 2.95 bits per heavy atom. The van der Waals surface area contributed by atoms with Crippen molar-refractivity contribution in [1.82, 2.24) is 0 Å². The summed E-state index contributed by atoms with van der Waals surface area (Å²) < 4.78 is 5.15. The van der Waals surface area contributed by atoms with Crippen molar-refractivity contribution < 1.29 is 14.6 Å². The molecule has 0 aliphatic rings. The molecule has 0 aliphatic heterocycles. The molecule has 2 N–H and O–H groups in total. The number of amides is 1. The van der Waals surface area contributed by atoms with Crippen molar-refractivity contribution in [2.75, 3.05) is 19.0 Å². The zero-order valence-corrected chi connectivity index (χ0v) is 12.4. The summed E-state index contributed by atoms with van der Waals surface area (Å²) in [7, 11) is 1.53. The maximum atomic E-state index is 12.3. The lowest BCUT2D eigenvalue weighted by molar-refractivity contribution is 0.102. The highest BCUT2D eigenvalue weighted by atomic mass is 32.1. The van der Waals surface area contributed by atoms with Crippen LogP contribution in [0, 0.1) is 11.8 Å². The van der Waals surface area contributed by atoms with E-state index in [1.54, 1.807) is 17.5 Å². The first-order chi connectivity index (χ1) is 10.3. The highest BCUT2D eigenvalue weighted by molar-refractivity contribution is 7.12. The SMILES string of the molecule is COc1ccsc1C(=O)Nc1ccccc1C#CCCO. The number of thiophene rings is 1. The van der Waals surface area contributed by atoms with E-state index in [-0.39, 0.29) is 12.5 Å². The smallest absolute Gasteiger partial charge is 0.269 e. The number of carbonyl (C=O) groups excluding carboxylic acids is 1. The third-order valence-electron chi connectivity index (χ3n) is 2.69. The van der Waals surface area contributed by atoms with Gasteiger partial charge in [0.2, 0.25) is 0 Å². The highest BCUT2D eigenvalue weighted by Crippen LogP contribution is 2.26. The Bertz CT molecular complexity index is 682. The molecule has 0 radical (unpaired) electrons. The highest BCUT2D eigenvalue weighted by Gasteiger charge is 2.14. The number of aliphatic hydroxyl groups excluding tert-OH is 1. The molecule has 21 heavy (non-hydrogen) atoms. The molecule has 1 amide bonds. The number of aliphatic hydroxyl groups is 1. The summed E-state index contributed by atoms with van der Waals surface area (Å²) in [6.07, 6.45) is 0.404. The van der Waals surface area contributed by atoms with E-state index in [2.05, 4.69) is 17.2 Å². The van der Waals surface area contributed by atoms with Crippen molar-refractivity contribution >= 4 is 22.9 Å². The van der Waals surface area contributed by atoms with Gasteiger partial charge in [0.25, 0.3) is 5.91 Å². The lowest BCUT2D eigenvalue weighted by atomic mass is 10.1. The molecule has 2 rings (SSSR count). The second kappa shape index (κ2) is 7.48. The first-order valence-electron chi connectivity index (χ1n) is 6.38. The summed E-state index contributed by atoms with van der Waals surface area (Å²) in [4.78, 5) is 12.8. The lowest BCUT2D eigenvalue weighted by Gasteiger charge is -2.07. The Balaban J connectivity index is 2.20. The summed E-state index contributed by atoms with van der Waals surface area (Å²) in [6.45, 7) is 0.0217. The van der Waals surface area contributed by atoms with E-state index in [1.165, 1.54) is 18.4 Å². The lowest BCUT2D eigenvalue weighted by Crippen LogP contribution is -2.12. The molecule has 2 aromatic rings. The van der Waals surface area contributed by atoms with Gasteiger partial charge in [-0.1, -0.05) is 24.0 Å². The van der Waals surface area contributed by atoms with Gasteiger partial charge in [0.05, 0.1) is 19.4 Å². The van der Waals surface area contributed by atoms with Crippen molar-refractivity contribution in [2.45, 2.75) is 6.42 Å².